The first-order valence-corrected chi connectivity index (χ1v) is 7.40. The molecule has 0 radical (unpaired) electrons. The van der Waals surface area contributed by atoms with Gasteiger partial charge in [0.1, 0.15) is 5.82 Å². The topological polar surface area (TPSA) is 66.0 Å². The number of amides is 1. The molecule has 5 nitrogen and oxygen atoms in total. The van der Waals surface area contributed by atoms with Crippen molar-refractivity contribution in [3.8, 4) is 0 Å². The van der Waals surface area contributed by atoms with Gasteiger partial charge < -0.3 is 16.0 Å². The summed E-state index contributed by atoms with van der Waals surface area (Å²) in [5, 5.41) is 9.54. The first-order chi connectivity index (χ1) is 9.74. The SMILES string of the molecule is Cc1ccc(NCCCNC(=O)CC2CCCN2)nc1. The second-order valence-corrected chi connectivity index (χ2v) is 5.35. The number of hydrogen-bond donors (Lipinski definition) is 3. The highest BCUT2D eigenvalue weighted by Crippen LogP contribution is 2.08. The Bertz CT molecular complexity index is 412. The molecule has 0 aliphatic carbocycles. The molecule has 5 heteroatoms. The van der Waals surface area contributed by atoms with Gasteiger partial charge in [0.15, 0.2) is 0 Å². The number of pyridine rings is 1. The summed E-state index contributed by atoms with van der Waals surface area (Å²) in [6, 6.07) is 4.38. The molecule has 1 fully saturated rings. The van der Waals surface area contributed by atoms with Crippen molar-refractivity contribution in [3.05, 3.63) is 23.9 Å². The maximum Gasteiger partial charge on any atom is 0.221 e. The van der Waals surface area contributed by atoms with Gasteiger partial charge in [-0.3, -0.25) is 4.79 Å². The zero-order valence-electron chi connectivity index (χ0n) is 12.1. The number of nitrogens with one attached hydrogen (secondary N) is 3. The first kappa shape index (κ1) is 14.8. The van der Waals surface area contributed by atoms with Gasteiger partial charge in [0, 0.05) is 31.7 Å². The van der Waals surface area contributed by atoms with Crippen LogP contribution in [-0.4, -0.2) is 36.6 Å². The fraction of sp³-hybridized carbons (Fsp3) is 0.600. The van der Waals surface area contributed by atoms with Gasteiger partial charge in [-0.15, -0.1) is 0 Å². The van der Waals surface area contributed by atoms with Gasteiger partial charge in [-0.25, -0.2) is 4.98 Å². The second kappa shape index (κ2) is 7.85. The molecule has 2 heterocycles. The quantitative estimate of drug-likeness (QED) is 0.660. The average molecular weight is 276 g/mol. The molecule has 1 amide bonds. The van der Waals surface area contributed by atoms with Crippen molar-refractivity contribution < 1.29 is 4.79 Å². The van der Waals surface area contributed by atoms with Crippen LogP contribution in [0.1, 0.15) is 31.2 Å². The van der Waals surface area contributed by atoms with Gasteiger partial charge in [0.25, 0.3) is 0 Å². The zero-order valence-corrected chi connectivity index (χ0v) is 12.1. The summed E-state index contributed by atoms with van der Waals surface area (Å²) >= 11 is 0. The minimum Gasteiger partial charge on any atom is -0.370 e. The number of nitrogens with zero attached hydrogens (tertiary/aromatic N) is 1. The van der Waals surface area contributed by atoms with Gasteiger partial charge >= 0.3 is 0 Å². The Morgan fingerprint density at radius 1 is 1.45 bits per heavy atom. The fourth-order valence-electron chi connectivity index (χ4n) is 2.33. The Balaban J connectivity index is 1.52. The largest absolute Gasteiger partial charge is 0.370 e. The van der Waals surface area contributed by atoms with Gasteiger partial charge in [-0.05, 0) is 44.4 Å². The van der Waals surface area contributed by atoms with Crippen LogP contribution in [0.2, 0.25) is 0 Å². The molecule has 1 aromatic heterocycles. The number of carbonyl (C=O) groups excluding carboxylic acids is 1. The molecule has 1 atom stereocenters. The highest BCUT2D eigenvalue weighted by Gasteiger charge is 2.16. The molecular weight excluding hydrogens is 252 g/mol. The Hall–Kier alpha value is -1.62. The third-order valence-corrected chi connectivity index (χ3v) is 3.49. The normalized spacial score (nSPS) is 17.9. The van der Waals surface area contributed by atoms with E-state index in [0.717, 1.165) is 37.3 Å². The van der Waals surface area contributed by atoms with Crippen molar-refractivity contribution in [1.29, 1.82) is 0 Å². The van der Waals surface area contributed by atoms with E-state index < -0.39 is 0 Å². The lowest BCUT2D eigenvalue weighted by Gasteiger charge is -2.10. The molecule has 1 aliphatic heterocycles. The van der Waals surface area contributed by atoms with Crippen LogP contribution in [0.4, 0.5) is 5.82 Å². The molecular formula is C15H24N4O. The van der Waals surface area contributed by atoms with E-state index in [2.05, 4.69) is 20.9 Å². The summed E-state index contributed by atoms with van der Waals surface area (Å²) in [7, 11) is 0. The van der Waals surface area contributed by atoms with Crippen LogP contribution < -0.4 is 16.0 Å². The minimum atomic E-state index is 0.151. The lowest BCUT2D eigenvalue weighted by molar-refractivity contribution is -0.121. The summed E-state index contributed by atoms with van der Waals surface area (Å²) in [4.78, 5) is 16.0. The van der Waals surface area contributed by atoms with E-state index >= 15 is 0 Å². The number of aryl methyl sites for hydroxylation is 1. The van der Waals surface area contributed by atoms with Crippen molar-refractivity contribution in [1.82, 2.24) is 15.6 Å². The zero-order chi connectivity index (χ0) is 14.2. The fourth-order valence-corrected chi connectivity index (χ4v) is 2.33. The predicted octanol–water partition coefficient (Wildman–Crippen LogP) is 1.45. The van der Waals surface area contributed by atoms with Crippen molar-refractivity contribution in [3.63, 3.8) is 0 Å². The molecule has 1 aromatic rings. The van der Waals surface area contributed by atoms with Crippen molar-refractivity contribution in [2.75, 3.05) is 25.0 Å². The van der Waals surface area contributed by atoms with Crippen molar-refractivity contribution in [2.45, 2.75) is 38.6 Å². The molecule has 1 unspecified atom stereocenters. The number of carbonyl (C=O) groups is 1. The summed E-state index contributed by atoms with van der Waals surface area (Å²) in [6.45, 7) is 4.60. The van der Waals surface area contributed by atoms with Crippen LogP contribution in [0.3, 0.4) is 0 Å². The third kappa shape index (κ3) is 5.17. The molecule has 0 saturated carbocycles. The Morgan fingerprint density at radius 3 is 3.05 bits per heavy atom. The number of rotatable bonds is 7. The summed E-state index contributed by atoms with van der Waals surface area (Å²) in [5.74, 6) is 1.04. The molecule has 110 valence electrons. The highest BCUT2D eigenvalue weighted by molar-refractivity contribution is 5.76. The van der Waals surface area contributed by atoms with Gasteiger partial charge in [0.2, 0.25) is 5.91 Å². The molecule has 2 rings (SSSR count). The molecule has 1 aliphatic rings. The van der Waals surface area contributed by atoms with E-state index in [1.165, 1.54) is 6.42 Å². The van der Waals surface area contributed by atoms with Crippen LogP contribution >= 0.6 is 0 Å². The maximum absolute atomic E-state index is 11.7. The average Bonchev–Trinajstić information content (AvgIpc) is 2.93. The van der Waals surface area contributed by atoms with E-state index in [1.54, 1.807) is 0 Å². The Morgan fingerprint density at radius 2 is 2.35 bits per heavy atom. The molecule has 0 bridgehead atoms. The number of hydrogen-bond acceptors (Lipinski definition) is 4. The minimum absolute atomic E-state index is 0.151. The summed E-state index contributed by atoms with van der Waals surface area (Å²) in [6.07, 6.45) is 5.66. The number of anilines is 1. The summed E-state index contributed by atoms with van der Waals surface area (Å²) in [5.41, 5.74) is 1.16. The Kier molecular flexibility index (Phi) is 5.80. The van der Waals surface area contributed by atoms with Gasteiger partial charge in [-0.2, -0.15) is 0 Å². The van der Waals surface area contributed by atoms with Crippen molar-refractivity contribution in [2.24, 2.45) is 0 Å². The van der Waals surface area contributed by atoms with E-state index in [9.17, 15) is 4.79 Å². The monoisotopic (exact) mass is 276 g/mol. The van der Waals surface area contributed by atoms with E-state index in [0.29, 0.717) is 19.0 Å². The van der Waals surface area contributed by atoms with E-state index in [-0.39, 0.29) is 5.91 Å². The van der Waals surface area contributed by atoms with Crippen LogP contribution in [0.15, 0.2) is 18.3 Å². The standard InChI is InChI=1S/C15H24N4O/c1-12-5-6-14(19-11-12)17-8-3-9-18-15(20)10-13-4-2-7-16-13/h5-6,11,13,16H,2-4,7-10H2,1H3,(H,17,19)(H,18,20). The van der Waals surface area contributed by atoms with E-state index in [4.69, 9.17) is 0 Å². The maximum atomic E-state index is 11.7. The van der Waals surface area contributed by atoms with Crippen LogP contribution in [-0.2, 0) is 4.79 Å². The lowest BCUT2D eigenvalue weighted by Crippen LogP contribution is -2.32. The third-order valence-electron chi connectivity index (χ3n) is 3.49. The molecule has 0 spiro atoms. The van der Waals surface area contributed by atoms with Crippen molar-refractivity contribution >= 4 is 11.7 Å². The van der Waals surface area contributed by atoms with Gasteiger partial charge in [0.05, 0.1) is 0 Å². The van der Waals surface area contributed by atoms with E-state index in [1.807, 2.05) is 25.3 Å². The molecule has 1 saturated heterocycles. The number of aromatic nitrogens is 1. The smallest absolute Gasteiger partial charge is 0.221 e. The molecule has 3 N–H and O–H groups in total. The highest BCUT2D eigenvalue weighted by atomic mass is 16.1. The summed E-state index contributed by atoms with van der Waals surface area (Å²) < 4.78 is 0. The van der Waals surface area contributed by atoms with Crippen LogP contribution in [0, 0.1) is 6.92 Å². The van der Waals surface area contributed by atoms with Gasteiger partial charge in [-0.1, -0.05) is 6.07 Å². The van der Waals surface area contributed by atoms with Crippen LogP contribution in [0.5, 0.6) is 0 Å². The molecule has 20 heavy (non-hydrogen) atoms. The predicted molar refractivity (Wildman–Crippen MR) is 80.7 cm³/mol. The first-order valence-electron chi connectivity index (χ1n) is 7.40. The van der Waals surface area contributed by atoms with Crippen LogP contribution in [0.25, 0.3) is 0 Å². The molecule has 0 aromatic carbocycles. The Labute approximate surface area is 120 Å². The second-order valence-electron chi connectivity index (χ2n) is 5.35. The lowest BCUT2D eigenvalue weighted by atomic mass is 10.1.